The standard InChI is InChI=1S/C25H32N8O2/c1-3-20-16-26-23-17-27-25(30-24(23)33(20)21-5-7-22(8-6-21)35-4-2)29-19-15-28-32(18-19)10-9-31-11-13-34-14-12-31/h5-8,15-18,20H,3-4,9-14H2,1-2H3,(H,27,29,30). The minimum Gasteiger partial charge on any atom is -0.494 e. The number of nitrogens with one attached hydrogen (secondary N) is 1. The summed E-state index contributed by atoms with van der Waals surface area (Å²) in [5, 5.41) is 7.80. The highest BCUT2D eigenvalue weighted by Gasteiger charge is 2.26. The van der Waals surface area contributed by atoms with E-state index in [2.05, 4.69) is 49.2 Å². The Morgan fingerprint density at radius 1 is 1.09 bits per heavy atom. The molecular formula is C25H32N8O2. The monoisotopic (exact) mass is 476 g/mol. The number of rotatable bonds is 9. The molecule has 1 N–H and O–H groups in total. The fourth-order valence-corrected chi connectivity index (χ4v) is 4.30. The molecule has 0 saturated carbocycles. The van der Waals surface area contributed by atoms with Crippen LogP contribution in [0.4, 0.5) is 28.8 Å². The van der Waals surface area contributed by atoms with Crippen LogP contribution in [0.1, 0.15) is 20.3 Å². The van der Waals surface area contributed by atoms with Gasteiger partial charge in [-0.25, -0.2) is 4.98 Å². The third kappa shape index (κ3) is 5.44. The summed E-state index contributed by atoms with van der Waals surface area (Å²) in [4.78, 5) is 18.6. The highest BCUT2D eigenvalue weighted by molar-refractivity contribution is 5.87. The number of fused-ring (bicyclic) bond motifs is 1. The molecular weight excluding hydrogens is 444 g/mol. The molecule has 10 heteroatoms. The van der Waals surface area contributed by atoms with Crippen molar-refractivity contribution in [3.8, 4) is 5.75 Å². The Bertz CT molecular complexity index is 1140. The minimum atomic E-state index is 0.103. The van der Waals surface area contributed by atoms with Gasteiger partial charge in [-0.15, -0.1) is 0 Å². The first-order chi connectivity index (χ1) is 17.2. The van der Waals surface area contributed by atoms with Crippen molar-refractivity contribution in [2.75, 3.05) is 49.7 Å². The summed E-state index contributed by atoms with van der Waals surface area (Å²) in [7, 11) is 0. The van der Waals surface area contributed by atoms with Gasteiger partial charge in [-0.2, -0.15) is 10.1 Å². The van der Waals surface area contributed by atoms with E-state index in [0.717, 1.165) is 74.4 Å². The van der Waals surface area contributed by atoms with E-state index < -0.39 is 0 Å². The van der Waals surface area contributed by atoms with Crippen LogP contribution in [-0.4, -0.2) is 76.4 Å². The Labute approximate surface area is 205 Å². The number of aliphatic imine (C=N–C) groups is 1. The van der Waals surface area contributed by atoms with Gasteiger partial charge in [0.1, 0.15) is 11.4 Å². The van der Waals surface area contributed by atoms with Crippen molar-refractivity contribution in [2.45, 2.75) is 32.9 Å². The lowest BCUT2D eigenvalue weighted by Crippen LogP contribution is -2.38. The maximum atomic E-state index is 5.61. The first-order valence-corrected chi connectivity index (χ1v) is 12.3. The van der Waals surface area contributed by atoms with Crippen LogP contribution >= 0.6 is 0 Å². The van der Waals surface area contributed by atoms with Gasteiger partial charge in [0, 0.05) is 37.7 Å². The molecule has 1 aromatic carbocycles. The van der Waals surface area contributed by atoms with Crippen LogP contribution < -0.4 is 15.0 Å². The molecule has 0 radical (unpaired) electrons. The van der Waals surface area contributed by atoms with Crippen molar-refractivity contribution in [1.29, 1.82) is 0 Å². The summed E-state index contributed by atoms with van der Waals surface area (Å²) in [6, 6.07) is 8.20. The summed E-state index contributed by atoms with van der Waals surface area (Å²) < 4.78 is 13.0. The molecule has 4 heterocycles. The molecule has 0 bridgehead atoms. The van der Waals surface area contributed by atoms with Crippen molar-refractivity contribution in [3.05, 3.63) is 42.9 Å². The van der Waals surface area contributed by atoms with Gasteiger partial charge in [-0.3, -0.25) is 14.6 Å². The highest BCUT2D eigenvalue weighted by atomic mass is 16.5. The molecule has 2 aliphatic rings. The van der Waals surface area contributed by atoms with Crippen LogP contribution in [0, 0.1) is 0 Å². The lowest BCUT2D eigenvalue weighted by atomic mass is 10.1. The van der Waals surface area contributed by atoms with Gasteiger partial charge < -0.3 is 19.7 Å². The zero-order valence-electron chi connectivity index (χ0n) is 20.3. The molecule has 0 spiro atoms. The number of ether oxygens (including phenoxy) is 2. The van der Waals surface area contributed by atoms with Crippen molar-refractivity contribution < 1.29 is 9.47 Å². The van der Waals surface area contributed by atoms with Crippen LogP contribution in [0.2, 0.25) is 0 Å². The van der Waals surface area contributed by atoms with E-state index in [4.69, 9.17) is 14.5 Å². The van der Waals surface area contributed by atoms with E-state index in [0.29, 0.717) is 12.6 Å². The molecule has 1 fully saturated rings. The van der Waals surface area contributed by atoms with E-state index in [1.165, 1.54) is 0 Å². The van der Waals surface area contributed by atoms with Gasteiger partial charge in [0.05, 0.1) is 50.5 Å². The van der Waals surface area contributed by atoms with Crippen molar-refractivity contribution in [3.63, 3.8) is 0 Å². The molecule has 1 saturated heterocycles. The Hall–Kier alpha value is -3.50. The lowest BCUT2D eigenvalue weighted by Gasteiger charge is -2.33. The van der Waals surface area contributed by atoms with Gasteiger partial charge in [0.25, 0.3) is 0 Å². The molecule has 1 unspecified atom stereocenters. The second-order valence-corrected chi connectivity index (χ2v) is 8.52. The Morgan fingerprint density at radius 3 is 2.69 bits per heavy atom. The van der Waals surface area contributed by atoms with Gasteiger partial charge in [0.2, 0.25) is 5.95 Å². The molecule has 3 aromatic rings. The maximum absolute atomic E-state index is 5.61. The van der Waals surface area contributed by atoms with Crippen LogP contribution in [0.3, 0.4) is 0 Å². The third-order valence-electron chi connectivity index (χ3n) is 6.18. The Kier molecular flexibility index (Phi) is 7.20. The average molecular weight is 477 g/mol. The molecule has 184 valence electrons. The zero-order chi connectivity index (χ0) is 24.0. The van der Waals surface area contributed by atoms with Gasteiger partial charge in [0.15, 0.2) is 5.82 Å². The molecule has 5 rings (SSSR count). The smallest absolute Gasteiger partial charge is 0.229 e. The molecule has 2 aromatic heterocycles. The quantitative estimate of drug-likeness (QED) is 0.499. The fraction of sp³-hybridized carbons (Fsp3) is 0.440. The van der Waals surface area contributed by atoms with Crippen molar-refractivity contribution >= 4 is 35.0 Å². The van der Waals surface area contributed by atoms with Crippen molar-refractivity contribution in [1.82, 2.24) is 24.6 Å². The maximum Gasteiger partial charge on any atom is 0.229 e. The first-order valence-electron chi connectivity index (χ1n) is 12.3. The molecule has 1 atom stereocenters. The first kappa shape index (κ1) is 23.3. The number of hydrogen-bond donors (Lipinski definition) is 1. The predicted molar refractivity (Wildman–Crippen MR) is 137 cm³/mol. The zero-order valence-corrected chi connectivity index (χ0v) is 20.3. The third-order valence-corrected chi connectivity index (χ3v) is 6.18. The van der Waals surface area contributed by atoms with Crippen LogP contribution in [0.15, 0.2) is 47.8 Å². The summed E-state index contributed by atoms with van der Waals surface area (Å²) in [5.41, 5.74) is 2.63. The average Bonchev–Trinajstić information content (AvgIpc) is 3.35. The number of morpholine rings is 1. The van der Waals surface area contributed by atoms with Gasteiger partial charge in [-0.05, 0) is 37.6 Å². The normalized spacial score (nSPS) is 17.9. The summed E-state index contributed by atoms with van der Waals surface area (Å²) in [5.74, 6) is 2.14. The number of nitrogens with zero attached hydrogens (tertiary/aromatic N) is 7. The van der Waals surface area contributed by atoms with Gasteiger partial charge in [-0.1, -0.05) is 6.92 Å². The topological polar surface area (TPSA) is 92.9 Å². The van der Waals surface area contributed by atoms with E-state index in [-0.39, 0.29) is 6.04 Å². The van der Waals surface area contributed by atoms with Gasteiger partial charge >= 0.3 is 0 Å². The van der Waals surface area contributed by atoms with E-state index in [1.807, 2.05) is 36.1 Å². The number of hydrogen-bond acceptors (Lipinski definition) is 9. The molecule has 10 nitrogen and oxygen atoms in total. The Morgan fingerprint density at radius 2 is 1.91 bits per heavy atom. The number of aromatic nitrogens is 4. The van der Waals surface area contributed by atoms with Crippen LogP contribution in [0.25, 0.3) is 0 Å². The lowest BCUT2D eigenvalue weighted by molar-refractivity contribution is 0.0360. The van der Waals surface area contributed by atoms with E-state index in [1.54, 1.807) is 12.4 Å². The highest BCUT2D eigenvalue weighted by Crippen LogP contribution is 2.38. The second-order valence-electron chi connectivity index (χ2n) is 8.52. The summed E-state index contributed by atoms with van der Waals surface area (Å²) >= 11 is 0. The number of benzene rings is 1. The Balaban J connectivity index is 1.32. The van der Waals surface area contributed by atoms with E-state index in [9.17, 15) is 0 Å². The van der Waals surface area contributed by atoms with E-state index >= 15 is 0 Å². The largest absolute Gasteiger partial charge is 0.494 e. The molecule has 35 heavy (non-hydrogen) atoms. The summed E-state index contributed by atoms with van der Waals surface area (Å²) in [6.45, 7) is 10.1. The van der Waals surface area contributed by atoms with Crippen molar-refractivity contribution in [2.24, 2.45) is 4.99 Å². The minimum absolute atomic E-state index is 0.103. The summed E-state index contributed by atoms with van der Waals surface area (Å²) in [6.07, 6.45) is 8.42. The molecule has 0 aliphatic carbocycles. The predicted octanol–water partition coefficient (Wildman–Crippen LogP) is 3.78. The molecule has 2 aliphatic heterocycles. The van der Waals surface area contributed by atoms with Crippen LogP contribution in [-0.2, 0) is 11.3 Å². The second kappa shape index (κ2) is 10.8. The molecule has 0 amide bonds. The number of anilines is 4. The fourth-order valence-electron chi connectivity index (χ4n) is 4.30. The SMILES string of the molecule is CCOc1ccc(N2c3nc(Nc4cnn(CCN5CCOCC5)c4)ncc3N=CC2CC)cc1. The van der Waals surface area contributed by atoms with Crippen LogP contribution in [0.5, 0.6) is 5.75 Å².